The zero-order valence-corrected chi connectivity index (χ0v) is 10.9. The molecule has 2 aromatic heterocycles. The van der Waals surface area contributed by atoms with Crippen LogP contribution in [0.1, 0.15) is 23.8 Å². The molecular formula is C12H18N6O. The Labute approximate surface area is 111 Å². The largest absolute Gasteiger partial charge is 0.396 e. The van der Waals surface area contributed by atoms with Crippen molar-refractivity contribution in [2.75, 3.05) is 12.3 Å². The highest BCUT2D eigenvalue weighted by Gasteiger charge is 2.15. The monoisotopic (exact) mass is 262 g/mol. The van der Waals surface area contributed by atoms with Crippen LogP contribution in [0.4, 0.5) is 5.69 Å². The Morgan fingerprint density at radius 2 is 2.37 bits per heavy atom. The minimum atomic E-state index is -0.178. The lowest BCUT2D eigenvalue weighted by atomic mass is 10.3. The molecule has 0 unspecified atom stereocenters. The predicted octanol–water partition coefficient (Wildman–Crippen LogP) is 0.502. The van der Waals surface area contributed by atoms with E-state index in [1.807, 2.05) is 17.7 Å². The summed E-state index contributed by atoms with van der Waals surface area (Å²) in [4.78, 5) is 16.0. The molecular weight excluding hydrogens is 244 g/mol. The van der Waals surface area contributed by atoms with Gasteiger partial charge in [-0.25, -0.2) is 4.98 Å². The van der Waals surface area contributed by atoms with Gasteiger partial charge in [-0.05, 0) is 13.3 Å². The van der Waals surface area contributed by atoms with Crippen molar-refractivity contribution in [3.63, 3.8) is 0 Å². The van der Waals surface area contributed by atoms with E-state index in [0.717, 1.165) is 13.0 Å². The third-order valence-electron chi connectivity index (χ3n) is 2.82. The molecule has 0 aliphatic carbocycles. The maximum absolute atomic E-state index is 12.0. The number of anilines is 1. The minimum absolute atomic E-state index is 0.178. The van der Waals surface area contributed by atoms with E-state index in [1.54, 1.807) is 17.2 Å². The van der Waals surface area contributed by atoms with Gasteiger partial charge in [0.1, 0.15) is 5.69 Å². The van der Waals surface area contributed by atoms with Crippen LogP contribution in [0.2, 0.25) is 0 Å². The van der Waals surface area contributed by atoms with Gasteiger partial charge in [0, 0.05) is 32.0 Å². The van der Waals surface area contributed by atoms with E-state index < -0.39 is 0 Å². The van der Waals surface area contributed by atoms with Gasteiger partial charge in [0.25, 0.3) is 5.91 Å². The van der Waals surface area contributed by atoms with Gasteiger partial charge in [-0.1, -0.05) is 0 Å². The average molecular weight is 262 g/mol. The summed E-state index contributed by atoms with van der Waals surface area (Å²) in [5.74, 6) is -0.178. The first-order valence-corrected chi connectivity index (χ1v) is 6.27. The fourth-order valence-corrected chi connectivity index (χ4v) is 1.85. The number of hydrogen-bond acceptors (Lipinski definition) is 4. The Bertz CT molecular complexity index is 530. The molecule has 0 radical (unpaired) electrons. The van der Waals surface area contributed by atoms with Gasteiger partial charge in [-0.2, -0.15) is 5.10 Å². The summed E-state index contributed by atoms with van der Waals surface area (Å²) in [7, 11) is 0. The van der Waals surface area contributed by atoms with Crippen LogP contribution in [0.15, 0.2) is 24.9 Å². The van der Waals surface area contributed by atoms with Crippen LogP contribution in [-0.2, 0) is 13.1 Å². The second kappa shape index (κ2) is 6.03. The molecule has 2 aromatic rings. The molecule has 2 rings (SSSR count). The molecule has 0 aliphatic rings. The van der Waals surface area contributed by atoms with Crippen molar-refractivity contribution in [1.82, 2.24) is 24.6 Å². The van der Waals surface area contributed by atoms with Gasteiger partial charge in [-0.15, -0.1) is 0 Å². The number of imidazole rings is 1. The average Bonchev–Trinajstić information content (AvgIpc) is 3.03. The number of hydrogen-bond donors (Lipinski definition) is 2. The van der Waals surface area contributed by atoms with Crippen LogP contribution >= 0.6 is 0 Å². The fraction of sp³-hybridized carbons (Fsp3) is 0.417. The predicted molar refractivity (Wildman–Crippen MR) is 71.5 cm³/mol. The summed E-state index contributed by atoms with van der Waals surface area (Å²) in [5.41, 5.74) is 6.59. The maximum Gasteiger partial charge on any atom is 0.271 e. The van der Waals surface area contributed by atoms with Gasteiger partial charge in [0.05, 0.1) is 18.2 Å². The third-order valence-corrected chi connectivity index (χ3v) is 2.82. The van der Waals surface area contributed by atoms with Crippen LogP contribution in [0.25, 0.3) is 0 Å². The highest BCUT2D eigenvalue weighted by atomic mass is 16.2. The first-order valence-electron chi connectivity index (χ1n) is 6.27. The van der Waals surface area contributed by atoms with Gasteiger partial charge >= 0.3 is 0 Å². The number of nitrogens with zero attached hydrogens (tertiary/aromatic N) is 4. The topological polar surface area (TPSA) is 90.8 Å². The van der Waals surface area contributed by atoms with Gasteiger partial charge in [0.15, 0.2) is 0 Å². The summed E-state index contributed by atoms with van der Waals surface area (Å²) in [5, 5.41) is 6.89. The van der Waals surface area contributed by atoms with Gasteiger partial charge in [-0.3, -0.25) is 9.48 Å². The summed E-state index contributed by atoms with van der Waals surface area (Å²) in [6.07, 6.45) is 7.73. The highest BCUT2D eigenvalue weighted by molar-refractivity contribution is 5.97. The molecule has 102 valence electrons. The van der Waals surface area contributed by atoms with E-state index in [0.29, 0.717) is 24.5 Å². The van der Waals surface area contributed by atoms with Crippen molar-refractivity contribution in [2.45, 2.75) is 26.4 Å². The molecule has 0 bridgehead atoms. The Balaban J connectivity index is 1.82. The Morgan fingerprint density at radius 1 is 1.53 bits per heavy atom. The van der Waals surface area contributed by atoms with Crippen LogP contribution < -0.4 is 11.1 Å². The number of aromatic nitrogens is 4. The molecule has 3 N–H and O–H groups in total. The molecule has 7 heteroatoms. The van der Waals surface area contributed by atoms with E-state index >= 15 is 0 Å². The van der Waals surface area contributed by atoms with Crippen molar-refractivity contribution >= 4 is 11.6 Å². The molecule has 0 aromatic carbocycles. The van der Waals surface area contributed by atoms with Crippen LogP contribution in [-0.4, -0.2) is 31.8 Å². The smallest absolute Gasteiger partial charge is 0.271 e. The van der Waals surface area contributed by atoms with Crippen LogP contribution in [0.5, 0.6) is 0 Å². The summed E-state index contributed by atoms with van der Waals surface area (Å²) in [6, 6.07) is 0. The van der Waals surface area contributed by atoms with E-state index in [4.69, 9.17) is 5.73 Å². The number of aryl methyl sites for hydroxylation is 2. The van der Waals surface area contributed by atoms with E-state index in [1.165, 1.54) is 6.20 Å². The van der Waals surface area contributed by atoms with E-state index in [9.17, 15) is 4.79 Å². The first-order chi connectivity index (χ1) is 9.22. The quantitative estimate of drug-likeness (QED) is 0.742. The lowest BCUT2D eigenvalue weighted by Crippen LogP contribution is -2.28. The minimum Gasteiger partial charge on any atom is -0.396 e. The highest BCUT2D eigenvalue weighted by Crippen LogP contribution is 2.10. The zero-order chi connectivity index (χ0) is 13.7. The number of carbonyl (C=O) groups is 1. The van der Waals surface area contributed by atoms with Crippen molar-refractivity contribution in [3.8, 4) is 0 Å². The zero-order valence-electron chi connectivity index (χ0n) is 10.9. The van der Waals surface area contributed by atoms with Gasteiger partial charge in [0.2, 0.25) is 0 Å². The SMILES string of the molecule is CCn1ncc(N)c1C(=O)NCCCn1ccnc1. The van der Waals surface area contributed by atoms with Crippen LogP contribution in [0.3, 0.4) is 0 Å². The normalized spacial score (nSPS) is 10.6. The standard InChI is InChI=1S/C12H18N6O/c1-2-18-11(10(13)8-16-18)12(19)15-4-3-6-17-7-5-14-9-17/h5,7-9H,2-4,6,13H2,1H3,(H,15,19). The molecule has 0 saturated carbocycles. The van der Waals surface area contributed by atoms with Crippen LogP contribution in [0, 0.1) is 0 Å². The van der Waals surface area contributed by atoms with Gasteiger partial charge < -0.3 is 15.6 Å². The molecule has 0 saturated heterocycles. The first kappa shape index (κ1) is 13.1. The summed E-state index contributed by atoms with van der Waals surface area (Å²) in [6.45, 7) is 3.95. The lowest BCUT2D eigenvalue weighted by Gasteiger charge is -2.08. The number of nitrogen functional groups attached to an aromatic ring is 1. The van der Waals surface area contributed by atoms with Crippen molar-refractivity contribution < 1.29 is 4.79 Å². The molecule has 0 spiro atoms. The van der Waals surface area contributed by atoms with Crippen molar-refractivity contribution in [2.24, 2.45) is 0 Å². The molecule has 7 nitrogen and oxygen atoms in total. The third kappa shape index (κ3) is 3.12. The van der Waals surface area contributed by atoms with E-state index in [2.05, 4.69) is 15.4 Å². The lowest BCUT2D eigenvalue weighted by molar-refractivity contribution is 0.0943. The Hall–Kier alpha value is -2.31. The van der Waals surface area contributed by atoms with E-state index in [-0.39, 0.29) is 5.91 Å². The molecule has 19 heavy (non-hydrogen) atoms. The molecule has 0 atom stereocenters. The molecule has 1 amide bonds. The molecule has 0 fully saturated rings. The number of rotatable bonds is 6. The maximum atomic E-state index is 12.0. The number of nitrogens with one attached hydrogen (secondary N) is 1. The second-order valence-corrected chi connectivity index (χ2v) is 4.17. The second-order valence-electron chi connectivity index (χ2n) is 4.17. The summed E-state index contributed by atoms with van der Waals surface area (Å²) >= 11 is 0. The summed E-state index contributed by atoms with van der Waals surface area (Å²) < 4.78 is 3.57. The molecule has 0 aliphatic heterocycles. The van der Waals surface area contributed by atoms with Crippen molar-refractivity contribution in [3.05, 3.63) is 30.6 Å². The Morgan fingerprint density at radius 3 is 3.05 bits per heavy atom. The number of carbonyl (C=O) groups excluding carboxylic acids is 1. The number of amides is 1. The molecule has 2 heterocycles. The number of nitrogens with two attached hydrogens (primary N) is 1. The van der Waals surface area contributed by atoms with Crippen molar-refractivity contribution in [1.29, 1.82) is 0 Å². The Kier molecular flexibility index (Phi) is 4.17. The fourth-order valence-electron chi connectivity index (χ4n) is 1.85.